The first-order chi connectivity index (χ1) is 13.7. The molecule has 158 valence electrons. The van der Waals surface area contributed by atoms with Crippen LogP contribution in [0.1, 0.15) is 102 Å². The Morgan fingerprint density at radius 2 is 1.25 bits per heavy atom. The minimum atomic E-state index is -0.932. The fraction of sp³-hybridized carbons (Fsp3) is 0.640. The summed E-state index contributed by atoms with van der Waals surface area (Å²) in [6, 6.07) is 7.54. The largest absolute Gasteiger partial charge is 0.494 e. The van der Waals surface area contributed by atoms with Gasteiger partial charge in [-0.3, -0.25) is 0 Å². The van der Waals surface area contributed by atoms with Gasteiger partial charge in [0.1, 0.15) is 5.75 Å². The SMILES string of the molecule is CCCCCCCCCCCCCCCCOc1ccc(/C=C\C(=O)O)cc1. The Balaban J connectivity index is 1.88. The first kappa shape index (κ1) is 24.3. The second-order valence-electron chi connectivity index (χ2n) is 7.69. The molecule has 0 bridgehead atoms. The number of hydrogen-bond acceptors (Lipinski definition) is 2. The van der Waals surface area contributed by atoms with Gasteiger partial charge in [-0.2, -0.15) is 0 Å². The summed E-state index contributed by atoms with van der Waals surface area (Å²) in [4.78, 5) is 10.5. The Labute approximate surface area is 172 Å². The van der Waals surface area contributed by atoms with Crippen molar-refractivity contribution < 1.29 is 14.6 Å². The van der Waals surface area contributed by atoms with Gasteiger partial charge in [0, 0.05) is 6.08 Å². The maximum absolute atomic E-state index is 10.5. The van der Waals surface area contributed by atoms with Crippen LogP contribution in [-0.4, -0.2) is 17.7 Å². The van der Waals surface area contributed by atoms with E-state index in [0.717, 1.165) is 30.4 Å². The minimum Gasteiger partial charge on any atom is -0.494 e. The molecule has 0 heterocycles. The van der Waals surface area contributed by atoms with Crippen LogP contribution < -0.4 is 4.74 Å². The van der Waals surface area contributed by atoms with E-state index in [9.17, 15) is 4.79 Å². The number of carboxylic acid groups (broad SMARTS) is 1. The van der Waals surface area contributed by atoms with Crippen LogP contribution in [0.3, 0.4) is 0 Å². The average Bonchev–Trinajstić information content (AvgIpc) is 2.70. The highest BCUT2D eigenvalue weighted by Crippen LogP contribution is 2.15. The van der Waals surface area contributed by atoms with Crippen molar-refractivity contribution in [1.29, 1.82) is 0 Å². The summed E-state index contributed by atoms with van der Waals surface area (Å²) in [7, 11) is 0. The molecule has 0 spiro atoms. The fourth-order valence-corrected chi connectivity index (χ4v) is 3.33. The number of rotatable bonds is 18. The summed E-state index contributed by atoms with van der Waals surface area (Å²) in [5, 5.41) is 8.62. The predicted octanol–water partition coefficient (Wildman–Crippen LogP) is 7.64. The van der Waals surface area contributed by atoms with Crippen molar-refractivity contribution in [3.05, 3.63) is 35.9 Å². The van der Waals surface area contributed by atoms with E-state index in [1.807, 2.05) is 24.3 Å². The quantitative estimate of drug-likeness (QED) is 0.207. The molecular weight excluding hydrogens is 348 g/mol. The summed E-state index contributed by atoms with van der Waals surface area (Å²) >= 11 is 0. The molecule has 1 aromatic rings. The van der Waals surface area contributed by atoms with Crippen LogP contribution in [0.25, 0.3) is 6.08 Å². The van der Waals surface area contributed by atoms with Crippen LogP contribution in [0, 0.1) is 0 Å². The highest BCUT2D eigenvalue weighted by Gasteiger charge is 1.97. The van der Waals surface area contributed by atoms with Gasteiger partial charge in [-0.25, -0.2) is 4.79 Å². The van der Waals surface area contributed by atoms with Crippen molar-refractivity contribution in [3.63, 3.8) is 0 Å². The number of hydrogen-bond donors (Lipinski definition) is 1. The lowest BCUT2D eigenvalue weighted by molar-refractivity contribution is -0.131. The summed E-state index contributed by atoms with van der Waals surface area (Å²) in [6.07, 6.45) is 21.8. The maximum Gasteiger partial charge on any atom is 0.328 e. The molecule has 1 aromatic carbocycles. The van der Waals surface area contributed by atoms with Crippen molar-refractivity contribution >= 4 is 12.0 Å². The molecule has 0 fully saturated rings. The van der Waals surface area contributed by atoms with E-state index >= 15 is 0 Å². The molecule has 0 aliphatic carbocycles. The first-order valence-corrected chi connectivity index (χ1v) is 11.4. The van der Waals surface area contributed by atoms with Gasteiger partial charge in [-0.05, 0) is 30.2 Å². The number of aliphatic carboxylic acids is 1. The smallest absolute Gasteiger partial charge is 0.328 e. The van der Waals surface area contributed by atoms with Gasteiger partial charge in [-0.1, -0.05) is 103 Å². The first-order valence-electron chi connectivity index (χ1n) is 11.4. The summed E-state index contributed by atoms with van der Waals surface area (Å²) in [6.45, 7) is 3.03. The predicted molar refractivity (Wildman–Crippen MR) is 119 cm³/mol. The molecular formula is C25H40O3. The van der Waals surface area contributed by atoms with E-state index in [-0.39, 0.29) is 0 Å². The highest BCUT2D eigenvalue weighted by molar-refractivity contribution is 5.85. The molecule has 0 aliphatic rings. The zero-order chi connectivity index (χ0) is 20.3. The summed E-state index contributed by atoms with van der Waals surface area (Å²) in [5.74, 6) is -0.0831. The third-order valence-corrected chi connectivity index (χ3v) is 5.07. The van der Waals surface area contributed by atoms with E-state index in [1.54, 1.807) is 6.08 Å². The van der Waals surface area contributed by atoms with Gasteiger partial charge in [0.05, 0.1) is 6.61 Å². The van der Waals surface area contributed by atoms with Crippen LogP contribution in [-0.2, 0) is 4.79 Å². The number of unbranched alkanes of at least 4 members (excludes halogenated alkanes) is 13. The van der Waals surface area contributed by atoms with Crippen LogP contribution in [0.5, 0.6) is 5.75 Å². The molecule has 0 radical (unpaired) electrons. The van der Waals surface area contributed by atoms with Crippen molar-refractivity contribution in [2.24, 2.45) is 0 Å². The lowest BCUT2D eigenvalue weighted by Gasteiger charge is -2.06. The Morgan fingerprint density at radius 3 is 1.71 bits per heavy atom. The van der Waals surface area contributed by atoms with E-state index in [0.29, 0.717) is 0 Å². The van der Waals surface area contributed by atoms with Gasteiger partial charge in [0.15, 0.2) is 0 Å². The van der Waals surface area contributed by atoms with Gasteiger partial charge in [0.25, 0.3) is 0 Å². The van der Waals surface area contributed by atoms with Gasteiger partial charge >= 0.3 is 5.97 Å². The molecule has 0 saturated heterocycles. The minimum absolute atomic E-state index is 0.752. The van der Waals surface area contributed by atoms with E-state index in [2.05, 4.69) is 6.92 Å². The second kappa shape index (κ2) is 17.3. The topological polar surface area (TPSA) is 46.5 Å². The van der Waals surface area contributed by atoms with Gasteiger partial charge in [0.2, 0.25) is 0 Å². The van der Waals surface area contributed by atoms with Crippen molar-refractivity contribution in [3.8, 4) is 5.75 Å². The summed E-state index contributed by atoms with van der Waals surface area (Å²) < 4.78 is 5.75. The van der Waals surface area contributed by atoms with E-state index < -0.39 is 5.97 Å². The van der Waals surface area contributed by atoms with Crippen molar-refractivity contribution in [2.45, 2.75) is 96.8 Å². The molecule has 1 N–H and O–H groups in total. The van der Waals surface area contributed by atoms with Crippen molar-refractivity contribution in [2.75, 3.05) is 6.61 Å². The zero-order valence-electron chi connectivity index (χ0n) is 17.8. The Morgan fingerprint density at radius 1 is 0.786 bits per heavy atom. The van der Waals surface area contributed by atoms with E-state index in [1.165, 1.54) is 83.5 Å². The third-order valence-electron chi connectivity index (χ3n) is 5.07. The molecule has 28 heavy (non-hydrogen) atoms. The number of carbonyl (C=O) groups is 1. The maximum atomic E-state index is 10.5. The Hall–Kier alpha value is -1.77. The van der Waals surface area contributed by atoms with E-state index in [4.69, 9.17) is 9.84 Å². The van der Waals surface area contributed by atoms with Gasteiger partial charge < -0.3 is 9.84 Å². The standard InChI is InChI=1S/C25H40O3/c1-2-3-4-5-6-7-8-9-10-11-12-13-14-15-22-28-24-19-16-23(17-20-24)18-21-25(26)27/h16-21H,2-15,22H2,1H3,(H,26,27)/b21-18-. The van der Waals surface area contributed by atoms with Crippen molar-refractivity contribution in [1.82, 2.24) is 0 Å². The monoisotopic (exact) mass is 388 g/mol. The number of benzene rings is 1. The highest BCUT2D eigenvalue weighted by atomic mass is 16.5. The third kappa shape index (κ3) is 14.3. The second-order valence-corrected chi connectivity index (χ2v) is 7.69. The molecule has 0 aliphatic heterocycles. The lowest BCUT2D eigenvalue weighted by atomic mass is 10.0. The molecule has 0 unspecified atom stereocenters. The van der Waals surface area contributed by atoms with Crippen LogP contribution in [0.15, 0.2) is 30.3 Å². The Bertz CT molecular complexity index is 519. The van der Waals surface area contributed by atoms with Crippen LogP contribution >= 0.6 is 0 Å². The molecule has 0 aromatic heterocycles. The fourth-order valence-electron chi connectivity index (χ4n) is 3.33. The number of carboxylic acids is 1. The molecule has 3 nitrogen and oxygen atoms in total. The molecule has 1 rings (SSSR count). The Kier molecular flexibility index (Phi) is 15.0. The lowest BCUT2D eigenvalue weighted by Crippen LogP contribution is -1.97. The summed E-state index contributed by atoms with van der Waals surface area (Å²) in [5.41, 5.74) is 0.867. The zero-order valence-corrected chi connectivity index (χ0v) is 17.8. The number of ether oxygens (including phenoxy) is 1. The van der Waals surface area contributed by atoms with Crippen LogP contribution in [0.2, 0.25) is 0 Å². The van der Waals surface area contributed by atoms with Gasteiger partial charge in [-0.15, -0.1) is 0 Å². The molecule has 0 atom stereocenters. The average molecular weight is 389 g/mol. The molecule has 0 amide bonds. The normalized spacial score (nSPS) is 11.2. The molecule has 3 heteroatoms. The molecule has 0 saturated carbocycles. The van der Waals surface area contributed by atoms with Crippen LogP contribution in [0.4, 0.5) is 0 Å².